The maximum absolute atomic E-state index is 10.8. The zero-order chi connectivity index (χ0) is 10.8. The smallest absolute Gasteiger partial charge is 0.214 e. The molecule has 1 aromatic carbocycles. The van der Waals surface area contributed by atoms with Crippen LogP contribution in [0, 0.1) is 25.0 Å². The highest BCUT2D eigenvalue weighted by Crippen LogP contribution is 2.10. The second-order valence-electron chi connectivity index (χ2n) is 3.25. The van der Waals surface area contributed by atoms with Crippen LogP contribution in [-0.4, -0.2) is 14.7 Å². The summed E-state index contributed by atoms with van der Waals surface area (Å²) in [5.41, 5.74) is 2.92. The Hall–Kier alpha value is -1.27. The fourth-order valence-electron chi connectivity index (χ4n) is 1.03. The van der Waals surface area contributed by atoms with Gasteiger partial charge in [-0.25, -0.2) is 8.42 Å². The molecule has 0 atom stereocenters. The number of sulfone groups is 1. The molecule has 0 saturated carbocycles. The van der Waals surface area contributed by atoms with E-state index in [-0.39, 0.29) is 0 Å². The first kappa shape index (κ1) is 10.8. The van der Waals surface area contributed by atoms with Gasteiger partial charge in [0.05, 0.1) is 6.26 Å². The quantitative estimate of drug-likeness (QED) is 0.608. The lowest BCUT2D eigenvalue weighted by Crippen LogP contribution is -1.91. The summed E-state index contributed by atoms with van der Waals surface area (Å²) in [7, 11) is -3.21. The number of hydrogen-bond acceptors (Lipinski definition) is 2. The summed E-state index contributed by atoms with van der Waals surface area (Å²) in [4.78, 5) is 0. The monoisotopic (exact) mass is 208 g/mol. The molecule has 0 aliphatic carbocycles. The zero-order valence-corrected chi connectivity index (χ0v) is 9.27. The van der Waals surface area contributed by atoms with Gasteiger partial charge < -0.3 is 0 Å². The second-order valence-corrected chi connectivity index (χ2v) is 5.00. The van der Waals surface area contributed by atoms with Crippen molar-refractivity contribution in [1.29, 1.82) is 0 Å². The zero-order valence-electron chi connectivity index (χ0n) is 8.46. The Kier molecular flexibility index (Phi) is 2.97. The lowest BCUT2D eigenvalue weighted by Gasteiger charge is -2.00. The van der Waals surface area contributed by atoms with E-state index in [9.17, 15) is 8.42 Å². The molecular formula is C11H12O2S. The Morgan fingerprint density at radius 3 is 2.43 bits per heavy atom. The molecule has 14 heavy (non-hydrogen) atoms. The second kappa shape index (κ2) is 3.85. The van der Waals surface area contributed by atoms with E-state index in [4.69, 9.17) is 0 Å². The lowest BCUT2D eigenvalue weighted by atomic mass is 10.0. The van der Waals surface area contributed by atoms with Gasteiger partial charge in [-0.15, -0.1) is 0 Å². The highest BCUT2D eigenvalue weighted by molar-refractivity contribution is 7.95. The van der Waals surface area contributed by atoms with Crippen molar-refractivity contribution in [2.24, 2.45) is 0 Å². The summed E-state index contributed by atoms with van der Waals surface area (Å²) in [6.45, 7) is 3.91. The van der Waals surface area contributed by atoms with Gasteiger partial charge in [-0.2, -0.15) is 0 Å². The first-order valence-corrected chi connectivity index (χ1v) is 6.08. The van der Waals surface area contributed by atoms with Gasteiger partial charge in [0.25, 0.3) is 0 Å². The molecule has 2 nitrogen and oxygen atoms in total. The third-order valence-corrected chi connectivity index (χ3v) is 2.45. The first-order chi connectivity index (χ1) is 6.40. The Morgan fingerprint density at radius 1 is 1.21 bits per heavy atom. The minimum absolute atomic E-state index is 0.774. The molecule has 3 heteroatoms. The molecule has 0 spiro atoms. The van der Waals surface area contributed by atoms with Gasteiger partial charge in [-0.3, -0.25) is 0 Å². The summed E-state index contributed by atoms with van der Waals surface area (Å²) in [5.74, 6) is 2.66. The normalized spacial score (nSPS) is 10.5. The third-order valence-electron chi connectivity index (χ3n) is 1.98. The fraction of sp³-hybridized carbons (Fsp3) is 0.273. The van der Waals surface area contributed by atoms with Gasteiger partial charge in [0.15, 0.2) is 0 Å². The minimum Gasteiger partial charge on any atom is -0.216 e. The van der Waals surface area contributed by atoms with E-state index in [0.29, 0.717) is 0 Å². The molecule has 0 bridgehead atoms. The third kappa shape index (κ3) is 2.90. The fourth-order valence-corrected chi connectivity index (χ4v) is 1.33. The summed E-state index contributed by atoms with van der Waals surface area (Å²) < 4.78 is 21.7. The van der Waals surface area contributed by atoms with Crippen LogP contribution in [0.15, 0.2) is 18.2 Å². The standard InChI is InChI=1S/C11H12O2S/c1-9-5-4-6-11(10(9)2)7-8-14(3,12)13/h4-6H,1-3H3. The molecular weight excluding hydrogens is 196 g/mol. The van der Waals surface area contributed by atoms with Crippen molar-refractivity contribution < 1.29 is 8.42 Å². The van der Waals surface area contributed by atoms with Crippen LogP contribution in [0.25, 0.3) is 0 Å². The summed E-state index contributed by atoms with van der Waals surface area (Å²) in [6.07, 6.45) is 1.10. The van der Waals surface area contributed by atoms with Gasteiger partial charge in [-0.05, 0) is 37.0 Å². The van der Waals surface area contributed by atoms with Crippen molar-refractivity contribution in [3.63, 3.8) is 0 Å². The van der Waals surface area contributed by atoms with Gasteiger partial charge in [0.1, 0.15) is 0 Å². The molecule has 0 saturated heterocycles. The van der Waals surface area contributed by atoms with E-state index >= 15 is 0 Å². The average Bonchev–Trinajstić information content (AvgIpc) is 2.06. The molecule has 0 aromatic heterocycles. The van der Waals surface area contributed by atoms with Crippen molar-refractivity contribution in [3.8, 4) is 11.2 Å². The molecule has 1 rings (SSSR count). The molecule has 0 heterocycles. The molecule has 0 aliphatic heterocycles. The van der Waals surface area contributed by atoms with Crippen LogP contribution in [0.3, 0.4) is 0 Å². The molecule has 0 radical (unpaired) electrons. The van der Waals surface area contributed by atoms with Crippen LogP contribution >= 0.6 is 0 Å². The van der Waals surface area contributed by atoms with Crippen molar-refractivity contribution in [2.45, 2.75) is 13.8 Å². The molecule has 74 valence electrons. The molecule has 0 unspecified atom stereocenters. The van der Waals surface area contributed by atoms with E-state index < -0.39 is 9.84 Å². The van der Waals surface area contributed by atoms with Crippen molar-refractivity contribution >= 4 is 9.84 Å². The topological polar surface area (TPSA) is 34.1 Å². The molecule has 0 amide bonds. The van der Waals surface area contributed by atoms with Gasteiger partial charge in [-0.1, -0.05) is 12.1 Å². The number of benzene rings is 1. The lowest BCUT2D eigenvalue weighted by molar-refractivity contribution is 0.611. The van der Waals surface area contributed by atoms with Gasteiger partial charge >= 0.3 is 0 Å². The Labute approximate surface area is 84.9 Å². The van der Waals surface area contributed by atoms with Crippen LogP contribution < -0.4 is 0 Å². The SMILES string of the molecule is Cc1cccc(C#CS(C)(=O)=O)c1C. The summed E-state index contributed by atoms with van der Waals surface area (Å²) >= 11 is 0. The molecule has 1 aromatic rings. The van der Waals surface area contributed by atoms with E-state index in [1.807, 2.05) is 32.0 Å². The van der Waals surface area contributed by atoms with Crippen LogP contribution in [0.1, 0.15) is 16.7 Å². The summed E-state index contributed by atoms with van der Waals surface area (Å²) in [6, 6.07) is 5.66. The van der Waals surface area contributed by atoms with Crippen LogP contribution in [0.4, 0.5) is 0 Å². The van der Waals surface area contributed by atoms with Crippen LogP contribution in [0.5, 0.6) is 0 Å². The Balaban J connectivity index is 3.21. The predicted molar refractivity (Wildman–Crippen MR) is 57.6 cm³/mol. The molecule has 0 N–H and O–H groups in total. The van der Waals surface area contributed by atoms with Crippen molar-refractivity contribution in [1.82, 2.24) is 0 Å². The van der Waals surface area contributed by atoms with Gasteiger partial charge in [0, 0.05) is 10.8 Å². The van der Waals surface area contributed by atoms with Crippen molar-refractivity contribution in [3.05, 3.63) is 34.9 Å². The predicted octanol–water partition coefficient (Wildman–Crippen LogP) is 1.66. The van der Waals surface area contributed by atoms with Gasteiger partial charge in [0.2, 0.25) is 9.84 Å². The maximum Gasteiger partial charge on any atom is 0.214 e. The minimum atomic E-state index is -3.21. The average molecular weight is 208 g/mol. The van der Waals surface area contributed by atoms with Crippen LogP contribution in [-0.2, 0) is 9.84 Å². The van der Waals surface area contributed by atoms with E-state index in [1.165, 1.54) is 0 Å². The highest BCUT2D eigenvalue weighted by atomic mass is 32.2. The van der Waals surface area contributed by atoms with Crippen LogP contribution in [0.2, 0.25) is 0 Å². The van der Waals surface area contributed by atoms with E-state index in [0.717, 1.165) is 22.9 Å². The van der Waals surface area contributed by atoms with E-state index in [1.54, 1.807) is 0 Å². The van der Waals surface area contributed by atoms with E-state index in [2.05, 4.69) is 11.2 Å². The number of hydrogen-bond donors (Lipinski definition) is 0. The first-order valence-electron chi connectivity index (χ1n) is 4.19. The Bertz CT molecular complexity index is 502. The molecule has 0 fully saturated rings. The van der Waals surface area contributed by atoms with Crippen molar-refractivity contribution in [2.75, 3.05) is 6.26 Å². The largest absolute Gasteiger partial charge is 0.216 e. The number of rotatable bonds is 0. The maximum atomic E-state index is 10.8. The highest BCUT2D eigenvalue weighted by Gasteiger charge is 1.98. The summed E-state index contributed by atoms with van der Waals surface area (Å²) in [5, 5.41) is 2.23. The number of aryl methyl sites for hydroxylation is 1. The molecule has 0 aliphatic rings. The Morgan fingerprint density at radius 2 is 1.86 bits per heavy atom.